The molecule has 21 heavy (non-hydrogen) atoms. The lowest BCUT2D eigenvalue weighted by Gasteiger charge is -2.08. The number of nitrogens with one attached hydrogen (secondary N) is 1. The fourth-order valence-corrected chi connectivity index (χ4v) is 4.63. The fourth-order valence-electron chi connectivity index (χ4n) is 1.60. The van der Waals surface area contributed by atoms with Crippen molar-refractivity contribution < 1.29 is 8.42 Å². The van der Waals surface area contributed by atoms with Gasteiger partial charge >= 0.3 is 0 Å². The van der Waals surface area contributed by atoms with Crippen molar-refractivity contribution in [1.82, 2.24) is 10.2 Å². The van der Waals surface area contributed by atoms with Crippen molar-refractivity contribution in [1.29, 1.82) is 0 Å². The number of anilines is 2. The lowest BCUT2D eigenvalue weighted by molar-refractivity contribution is 0.603. The summed E-state index contributed by atoms with van der Waals surface area (Å²) in [7, 11) is -2.93. The van der Waals surface area contributed by atoms with Gasteiger partial charge in [-0.1, -0.05) is 35.2 Å². The fraction of sp³-hybridized carbons (Fsp3) is 0.385. The summed E-state index contributed by atoms with van der Waals surface area (Å²) < 4.78 is 22.9. The second kappa shape index (κ2) is 6.76. The van der Waals surface area contributed by atoms with Crippen LogP contribution in [0.4, 0.5) is 10.8 Å². The second-order valence-corrected chi connectivity index (χ2v) is 9.30. The average molecular weight is 343 g/mol. The number of sulfone groups is 1. The van der Waals surface area contributed by atoms with Crippen molar-refractivity contribution >= 4 is 43.8 Å². The lowest BCUT2D eigenvalue weighted by Crippen LogP contribution is -2.04. The standard InChI is InChI=1S/C13H17N3O2S3/c1-9-5-4-6-11(10(9)2)14-12-15-16-13(20-12)19-7-8-21(3,17)18/h4-6H,7-8H2,1-3H3,(H,14,15). The minimum atomic E-state index is -2.93. The van der Waals surface area contributed by atoms with Gasteiger partial charge in [0.15, 0.2) is 4.34 Å². The smallest absolute Gasteiger partial charge is 0.210 e. The van der Waals surface area contributed by atoms with E-state index in [0.717, 1.165) is 10.0 Å². The highest BCUT2D eigenvalue weighted by Crippen LogP contribution is 2.29. The molecule has 0 saturated heterocycles. The largest absolute Gasteiger partial charge is 0.330 e. The van der Waals surface area contributed by atoms with Gasteiger partial charge < -0.3 is 5.32 Å². The predicted molar refractivity (Wildman–Crippen MR) is 89.5 cm³/mol. The number of aryl methyl sites for hydroxylation is 1. The zero-order chi connectivity index (χ0) is 15.5. The quantitative estimate of drug-likeness (QED) is 0.813. The molecule has 0 radical (unpaired) electrons. The normalized spacial score (nSPS) is 11.6. The molecule has 0 atom stereocenters. The van der Waals surface area contributed by atoms with E-state index in [0.29, 0.717) is 10.9 Å². The minimum Gasteiger partial charge on any atom is -0.330 e. The molecule has 2 rings (SSSR count). The first-order valence-electron chi connectivity index (χ1n) is 6.32. The van der Waals surface area contributed by atoms with Gasteiger partial charge in [0.25, 0.3) is 0 Å². The van der Waals surface area contributed by atoms with E-state index in [1.54, 1.807) is 0 Å². The van der Waals surface area contributed by atoms with E-state index in [9.17, 15) is 8.42 Å². The molecule has 0 aliphatic heterocycles. The van der Waals surface area contributed by atoms with E-state index < -0.39 is 9.84 Å². The van der Waals surface area contributed by atoms with E-state index in [1.807, 2.05) is 12.1 Å². The third-order valence-electron chi connectivity index (χ3n) is 2.93. The second-order valence-electron chi connectivity index (χ2n) is 4.72. The third kappa shape index (κ3) is 4.98. The summed E-state index contributed by atoms with van der Waals surface area (Å²) >= 11 is 2.84. The Morgan fingerprint density at radius 3 is 2.76 bits per heavy atom. The van der Waals surface area contributed by atoms with Gasteiger partial charge in [0.2, 0.25) is 5.13 Å². The molecule has 0 unspecified atom stereocenters. The molecule has 114 valence electrons. The molecule has 0 spiro atoms. The van der Waals surface area contributed by atoms with Crippen LogP contribution >= 0.6 is 23.1 Å². The van der Waals surface area contributed by atoms with E-state index in [-0.39, 0.29) is 5.75 Å². The summed E-state index contributed by atoms with van der Waals surface area (Å²) in [6.45, 7) is 4.12. The molecule has 2 aromatic rings. The van der Waals surface area contributed by atoms with Crippen molar-refractivity contribution in [2.45, 2.75) is 18.2 Å². The Hall–Kier alpha value is -1.12. The number of thioether (sulfide) groups is 1. The van der Waals surface area contributed by atoms with E-state index in [4.69, 9.17) is 0 Å². The molecule has 0 amide bonds. The van der Waals surface area contributed by atoms with Gasteiger partial charge in [-0.3, -0.25) is 0 Å². The van der Waals surface area contributed by atoms with Crippen LogP contribution in [0.25, 0.3) is 0 Å². The molecule has 0 fully saturated rings. The molecule has 0 saturated carbocycles. The molecule has 1 aromatic carbocycles. The summed E-state index contributed by atoms with van der Waals surface area (Å²) in [6, 6.07) is 6.06. The first-order valence-corrected chi connectivity index (χ1v) is 10.2. The summed E-state index contributed by atoms with van der Waals surface area (Å²) in [5.74, 6) is 0.647. The Morgan fingerprint density at radius 2 is 2.05 bits per heavy atom. The molecule has 0 bridgehead atoms. The van der Waals surface area contributed by atoms with Crippen LogP contribution < -0.4 is 5.32 Å². The first kappa shape index (κ1) is 16.3. The number of hydrogen-bond donors (Lipinski definition) is 1. The van der Waals surface area contributed by atoms with Crippen LogP contribution in [0.15, 0.2) is 22.5 Å². The Kier molecular flexibility index (Phi) is 5.23. The number of nitrogens with zero attached hydrogens (tertiary/aromatic N) is 2. The molecule has 1 aromatic heterocycles. The van der Waals surface area contributed by atoms with E-state index >= 15 is 0 Å². The van der Waals surface area contributed by atoms with E-state index in [2.05, 4.69) is 35.4 Å². The van der Waals surface area contributed by atoms with Crippen LogP contribution in [0.5, 0.6) is 0 Å². The monoisotopic (exact) mass is 343 g/mol. The molecular weight excluding hydrogens is 326 g/mol. The number of hydrogen-bond acceptors (Lipinski definition) is 7. The first-order chi connectivity index (χ1) is 9.85. The van der Waals surface area contributed by atoms with E-state index in [1.165, 1.54) is 40.5 Å². The maximum Gasteiger partial charge on any atom is 0.210 e. The van der Waals surface area contributed by atoms with Gasteiger partial charge in [-0.25, -0.2) is 8.42 Å². The predicted octanol–water partition coefficient (Wildman–Crippen LogP) is 3.04. The van der Waals surface area contributed by atoms with Crippen LogP contribution in [-0.2, 0) is 9.84 Å². The SMILES string of the molecule is Cc1cccc(Nc2nnc(SCCS(C)(=O)=O)s2)c1C. The van der Waals surface area contributed by atoms with Crippen molar-refractivity contribution in [3.05, 3.63) is 29.3 Å². The Labute approximate surface area is 133 Å². The maximum atomic E-state index is 11.1. The van der Waals surface area contributed by atoms with Gasteiger partial charge in [-0.05, 0) is 31.0 Å². The van der Waals surface area contributed by atoms with Crippen LogP contribution in [-0.4, -0.2) is 36.4 Å². The molecule has 0 aliphatic rings. The Morgan fingerprint density at radius 1 is 1.29 bits per heavy atom. The zero-order valence-electron chi connectivity index (χ0n) is 12.1. The van der Waals surface area contributed by atoms with Crippen LogP contribution in [0.2, 0.25) is 0 Å². The van der Waals surface area contributed by atoms with Crippen molar-refractivity contribution in [2.75, 3.05) is 23.1 Å². The Bertz CT molecular complexity index is 726. The maximum absolute atomic E-state index is 11.1. The summed E-state index contributed by atoms with van der Waals surface area (Å²) in [4.78, 5) is 0. The Balaban J connectivity index is 1.98. The van der Waals surface area contributed by atoms with Crippen molar-refractivity contribution in [3.63, 3.8) is 0 Å². The van der Waals surface area contributed by atoms with Crippen molar-refractivity contribution in [3.8, 4) is 0 Å². The molecule has 8 heteroatoms. The molecule has 1 N–H and O–H groups in total. The van der Waals surface area contributed by atoms with Crippen LogP contribution in [0.1, 0.15) is 11.1 Å². The highest BCUT2D eigenvalue weighted by Gasteiger charge is 2.09. The number of rotatable bonds is 6. The molecule has 5 nitrogen and oxygen atoms in total. The van der Waals surface area contributed by atoms with Crippen LogP contribution in [0.3, 0.4) is 0 Å². The van der Waals surface area contributed by atoms with Crippen molar-refractivity contribution in [2.24, 2.45) is 0 Å². The highest BCUT2D eigenvalue weighted by molar-refractivity contribution is 8.02. The van der Waals surface area contributed by atoms with Gasteiger partial charge in [0.1, 0.15) is 9.84 Å². The minimum absolute atomic E-state index is 0.150. The summed E-state index contributed by atoms with van der Waals surface area (Å²) in [5, 5.41) is 12.1. The number of benzene rings is 1. The summed E-state index contributed by atoms with van der Waals surface area (Å²) in [5.41, 5.74) is 3.41. The third-order valence-corrected chi connectivity index (χ3v) is 6.11. The lowest BCUT2D eigenvalue weighted by atomic mass is 10.1. The van der Waals surface area contributed by atoms with Crippen LogP contribution in [0, 0.1) is 13.8 Å². The molecule has 0 aliphatic carbocycles. The van der Waals surface area contributed by atoms with Gasteiger partial charge in [0.05, 0.1) is 5.75 Å². The van der Waals surface area contributed by atoms with Gasteiger partial charge in [-0.15, -0.1) is 10.2 Å². The highest BCUT2D eigenvalue weighted by atomic mass is 32.2. The molecule has 1 heterocycles. The van der Waals surface area contributed by atoms with Gasteiger partial charge in [0, 0.05) is 17.7 Å². The summed E-state index contributed by atoms with van der Waals surface area (Å²) in [6.07, 6.45) is 1.24. The molecular formula is C13H17N3O2S3. The number of aromatic nitrogens is 2. The zero-order valence-corrected chi connectivity index (χ0v) is 14.5. The average Bonchev–Trinajstić information content (AvgIpc) is 2.81. The van der Waals surface area contributed by atoms with Gasteiger partial charge in [-0.2, -0.15) is 0 Å². The topological polar surface area (TPSA) is 72.0 Å².